The summed E-state index contributed by atoms with van der Waals surface area (Å²) in [6, 6.07) is 14.9. The number of thioether (sulfide) groups is 1. The third-order valence-electron chi connectivity index (χ3n) is 3.91. The minimum Gasteiger partial charge on any atom is -0.299 e. The van der Waals surface area contributed by atoms with Crippen LogP contribution in [0, 0.1) is 0 Å². The Morgan fingerprint density at radius 2 is 1.96 bits per heavy atom. The molecule has 1 aliphatic rings. The van der Waals surface area contributed by atoms with Crippen LogP contribution in [0.1, 0.15) is 24.4 Å². The van der Waals surface area contributed by atoms with Crippen molar-refractivity contribution in [1.29, 1.82) is 0 Å². The highest BCUT2D eigenvalue weighted by Gasteiger charge is 2.30. The smallest absolute Gasteiger partial charge is 0.192 e. The monoisotopic (exact) mass is 334 g/mol. The van der Waals surface area contributed by atoms with Gasteiger partial charge in [-0.3, -0.25) is 9.55 Å². The van der Waals surface area contributed by atoms with E-state index in [9.17, 15) is 0 Å². The SMILES string of the molecule is C(=C\c1ccccc1)/CSc1nnc(-c2cccnc2)n1C1CC1. The van der Waals surface area contributed by atoms with E-state index in [1.54, 1.807) is 18.0 Å². The molecule has 0 unspecified atom stereocenters. The van der Waals surface area contributed by atoms with Crippen molar-refractivity contribution in [2.45, 2.75) is 24.0 Å². The summed E-state index contributed by atoms with van der Waals surface area (Å²) in [6.07, 6.45) is 10.4. The van der Waals surface area contributed by atoms with Gasteiger partial charge in [-0.25, -0.2) is 0 Å². The fourth-order valence-electron chi connectivity index (χ4n) is 2.60. The first-order valence-electron chi connectivity index (χ1n) is 8.11. The first kappa shape index (κ1) is 15.1. The molecule has 0 saturated heterocycles. The van der Waals surface area contributed by atoms with E-state index < -0.39 is 0 Å². The second-order valence-electron chi connectivity index (χ2n) is 5.77. The van der Waals surface area contributed by atoms with Crippen molar-refractivity contribution >= 4 is 17.8 Å². The zero-order chi connectivity index (χ0) is 16.2. The summed E-state index contributed by atoms with van der Waals surface area (Å²) in [7, 11) is 0. The minimum atomic E-state index is 0.538. The maximum Gasteiger partial charge on any atom is 0.192 e. The molecule has 1 aliphatic carbocycles. The van der Waals surface area contributed by atoms with Gasteiger partial charge in [0.2, 0.25) is 0 Å². The highest BCUT2D eigenvalue weighted by Crippen LogP contribution is 2.40. The molecule has 24 heavy (non-hydrogen) atoms. The molecule has 4 rings (SSSR count). The van der Waals surface area contributed by atoms with Gasteiger partial charge in [-0.15, -0.1) is 10.2 Å². The molecule has 0 aliphatic heterocycles. The maximum absolute atomic E-state index is 4.41. The van der Waals surface area contributed by atoms with Crippen LogP contribution in [0.4, 0.5) is 0 Å². The summed E-state index contributed by atoms with van der Waals surface area (Å²) in [5.41, 5.74) is 2.25. The first-order valence-corrected chi connectivity index (χ1v) is 9.10. The Hall–Kier alpha value is -2.40. The molecular weight excluding hydrogens is 316 g/mol. The van der Waals surface area contributed by atoms with Gasteiger partial charge in [0.15, 0.2) is 11.0 Å². The lowest BCUT2D eigenvalue weighted by Crippen LogP contribution is -1.99. The van der Waals surface area contributed by atoms with Crippen LogP contribution < -0.4 is 0 Å². The van der Waals surface area contributed by atoms with Gasteiger partial charge in [0.1, 0.15) is 0 Å². The van der Waals surface area contributed by atoms with Crippen LogP contribution in [0.5, 0.6) is 0 Å². The minimum absolute atomic E-state index is 0.538. The normalized spacial score (nSPS) is 14.3. The summed E-state index contributed by atoms with van der Waals surface area (Å²) >= 11 is 1.73. The van der Waals surface area contributed by atoms with Crippen molar-refractivity contribution in [1.82, 2.24) is 19.7 Å². The second-order valence-corrected chi connectivity index (χ2v) is 6.76. The number of aromatic nitrogens is 4. The maximum atomic E-state index is 4.41. The average molecular weight is 334 g/mol. The molecule has 4 nitrogen and oxygen atoms in total. The molecule has 5 heteroatoms. The molecule has 0 radical (unpaired) electrons. The van der Waals surface area contributed by atoms with E-state index in [1.165, 1.54) is 18.4 Å². The van der Waals surface area contributed by atoms with Crippen LogP contribution in [-0.2, 0) is 0 Å². The molecule has 3 aromatic rings. The van der Waals surface area contributed by atoms with E-state index in [4.69, 9.17) is 0 Å². The predicted octanol–water partition coefficient (Wildman–Crippen LogP) is 4.48. The molecule has 1 saturated carbocycles. The fraction of sp³-hybridized carbons (Fsp3) is 0.211. The Labute approximate surface area is 145 Å². The Morgan fingerprint density at radius 3 is 2.71 bits per heavy atom. The number of nitrogens with zero attached hydrogens (tertiary/aromatic N) is 4. The molecule has 1 fully saturated rings. The van der Waals surface area contributed by atoms with Crippen LogP contribution in [-0.4, -0.2) is 25.5 Å². The van der Waals surface area contributed by atoms with Gasteiger partial charge in [-0.2, -0.15) is 0 Å². The van der Waals surface area contributed by atoms with Gasteiger partial charge < -0.3 is 0 Å². The molecule has 2 aromatic heterocycles. The molecular formula is C19H18N4S. The molecule has 2 heterocycles. The Balaban J connectivity index is 1.50. The number of benzene rings is 1. The van der Waals surface area contributed by atoms with Gasteiger partial charge in [0.25, 0.3) is 0 Å². The number of pyridine rings is 1. The average Bonchev–Trinajstić information content (AvgIpc) is 3.40. The van der Waals surface area contributed by atoms with E-state index in [1.807, 2.05) is 24.4 Å². The Bertz CT molecular complexity index is 823. The fourth-order valence-corrected chi connectivity index (χ4v) is 3.41. The number of rotatable bonds is 6. The van der Waals surface area contributed by atoms with Crippen LogP contribution in [0.15, 0.2) is 66.1 Å². The van der Waals surface area contributed by atoms with E-state index in [0.29, 0.717) is 6.04 Å². The van der Waals surface area contributed by atoms with Crippen molar-refractivity contribution in [3.63, 3.8) is 0 Å². The first-order chi connectivity index (χ1) is 11.9. The summed E-state index contributed by atoms with van der Waals surface area (Å²) in [6.45, 7) is 0. The lowest BCUT2D eigenvalue weighted by atomic mass is 10.2. The van der Waals surface area contributed by atoms with Crippen molar-refractivity contribution in [3.05, 3.63) is 66.5 Å². The molecule has 1 aromatic carbocycles. The van der Waals surface area contributed by atoms with Gasteiger partial charge in [-0.1, -0.05) is 54.2 Å². The van der Waals surface area contributed by atoms with Crippen LogP contribution in [0.25, 0.3) is 17.5 Å². The highest BCUT2D eigenvalue weighted by atomic mass is 32.2. The zero-order valence-electron chi connectivity index (χ0n) is 13.2. The summed E-state index contributed by atoms with van der Waals surface area (Å²) in [4.78, 5) is 4.20. The Kier molecular flexibility index (Phi) is 4.42. The van der Waals surface area contributed by atoms with E-state index >= 15 is 0 Å². The van der Waals surface area contributed by atoms with Gasteiger partial charge in [0, 0.05) is 29.8 Å². The van der Waals surface area contributed by atoms with Gasteiger partial charge >= 0.3 is 0 Å². The number of hydrogen-bond acceptors (Lipinski definition) is 4. The quantitative estimate of drug-likeness (QED) is 0.623. The third-order valence-corrected chi connectivity index (χ3v) is 4.81. The lowest BCUT2D eigenvalue weighted by Gasteiger charge is -2.07. The molecule has 0 N–H and O–H groups in total. The van der Waals surface area contributed by atoms with Crippen molar-refractivity contribution < 1.29 is 0 Å². The highest BCUT2D eigenvalue weighted by molar-refractivity contribution is 7.99. The van der Waals surface area contributed by atoms with Crippen LogP contribution in [0.2, 0.25) is 0 Å². The van der Waals surface area contributed by atoms with Gasteiger partial charge in [0.05, 0.1) is 0 Å². The molecule has 0 spiro atoms. The largest absolute Gasteiger partial charge is 0.299 e. The van der Waals surface area contributed by atoms with E-state index in [2.05, 4.69) is 56.2 Å². The standard InChI is InChI=1S/C19H18N4S/c1-2-6-15(7-3-1)8-5-13-24-19-22-21-18(23(19)17-10-11-17)16-9-4-12-20-14-16/h1-9,12,14,17H,10-11,13H2/b8-5+. The summed E-state index contributed by atoms with van der Waals surface area (Å²) in [5, 5.41) is 9.82. The molecule has 120 valence electrons. The molecule has 0 atom stereocenters. The van der Waals surface area contributed by atoms with Gasteiger partial charge in [-0.05, 0) is 30.5 Å². The topological polar surface area (TPSA) is 43.6 Å². The van der Waals surface area contributed by atoms with Crippen molar-refractivity contribution in [2.75, 3.05) is 5.75 Å². The zero-order valence-corrected chi connectivity index (χ0v) is 14.1. The summed E-state index contributed by atoms with van der Waals surface area (Å²) < 4.78 is 2.28. The van der Waals surface area contributed by atoms with Crippen molar-refractivity contribution in [2.24, 2.45) is 0 Å². The third kappa shape index (κ3) is 3.41. The van der Waals surface area contributed by atoms with Crippen LogP contribution in [0.3, 0.4) is 0 Å². The van der Waals surface area contributed by atoms with E-state index in [-0.39, 0.29) is 0 Å². The van der Waals surface area contributed by atoms with Crippen LogP contribution >= 0.6 is 11.8 Å². The van der Waals surface area contributed by atoms with Crippen molar-refractivity contribution in [3.8, 4) is 11.4 Å². The van der Waals surface area contributed by atoms with E-state index in [0.717, 1.165) is 22.3 Å². The summed E-state index contributed by atoms with van der Waals surface area (Å²) in [5.74, 6) is 1.81. The number of hydrogen-bond donors (Lipinski definition) is 0. The molecule has 0 amide bonds. The Morgan fingerprint density at radius 1 is 1.08 bits per heavy atom. The predicted molar refractivity (Wildman–Crippen MR) is 97.7 cm³/mol. The lowest BCUT2D eigenvalue weighted by molar-refractivity contribution is 0.669. The second kappa shape index (κ2) is 7.01. The molecule has 0 bridgehead atoms.